The van der Waals surface area contributed by atoms with Gasteiger partial charge in [-0.15, -0.1) is 23.7 Å². The van der Waals surface area contributed by atoms with Crippen molar-refractivity contribution in [3.8, 4) is 11.5 Å². The lowest BCUT2D eigenvalue weighted by molar-refractivity contribution is -0.130. The average Bonchev–Trinajstić information content (AvgIpc) is 3.29. The molecule has 0 spiro atoms. The number of halogens is 1. The van der Waals surface area contributed by atoms with Crippen LogP contribution in [0.25, 0.3) is 11.5 Å². The van der Waals surface area contributed by atoms with Crippen LogP contribution in [0.4, 0.5) is 5.13 Å². The zero-order valence-corrected chi connectivity index (χ0v) is 16.6. The fourth-order valence-electron chi connectivity index (χ4n) is 2.78. The third-order valence-corrected chi connectivity index (χ3v) is 5.23. The molecule has 3 heterocycles. The number of hydrogen-bond donors (Lipinski definition) is 3. The Morgan fingerprint density at radius 2 is 2.07 bits per heavy atom. The van der Waals surface area contributed by atoms with E-state index in [1.165, 1.54) is 18.3 Å². The molecule has 1 aliphatic heterocycles. The fourth-order valence-corrected chi connectivity index (χ4v) is 3.48. The molecule has 1 aliphatic rings. The van der Waals surface area contributed by atoms with E-state index in [0.717, 1.165) is 0 Å². The Kier molecular flexibility index (Phi) is 7.37. The largest absolute Gasteiger partial charge is 0.458 e. The zero-order valence-electron chi connectivity index (χ0n) is 14.9. The topological polar surface area (TPSA) is 119 Å². The Balaban J connectivity index is 0.00000261. The van der Waals surface area contributed by atoms with E-state index >= 15 is 0 Å². The molecular formula is C17H23ClN4O4S. The van der Waals surface area contributed by atoms with Gasteiger partial charge in [-0.05, 0) is 25.0 Å². The molecule has 1 fully saturated rings. The van der Waals surface area contributed by atoms with Gasteiger partial charge in [0.05, 0.1) is 12.0 Å². The second-order valence-electron chi connectivity index (χ2n) is 6.26. The van der Waals surface area contributed by atoms with Crippen LogP contribution in [0.3, 0.4) is 0 Å². The van der Waals surface area contributed by atoms with Crippen LogP contribution in [0, 0.1) is 5.41 Å². The number of hydrogen-bond acceptors (Lipinski definition) is 7. The van der Waals surface area contributed by atoms with Gasteiger partial charge in [-0.25, -0.2) is 4.98 Å². The van der Waals surface area contributed by atoms with Gasteiger partial charge >= 0.3 is 0 Å². The van der Waals surface area contributed by atoms with E-state index in [1.807, 2.05) is 5.38 Å². The summed E-state index contributed by atoms with van der Waals surface area (Å²) >= 11 is 1.33. The monoisotopic (exact) mass is 414 g/mol. The molecule has 0 radical (unpaired) electrons. The van der Waals surface area contributed by atoms with Crippen LogP contribution in [0.2, 0.25) is 0 Å². The van der Waals surface area contributed by atoms with Crippen LogP contribution in [-0.4, -0.2) is 36.6 Å². The Hall–Kier alpha value is -1.94. The summed E-state index contributed by atoms with van der Waals surface area (Å²) in [4.78, 5) is 28.1. The molecule has 0 atom stereocenters. The first-order valence-electron chi connectivity index (χ1n) is 8.41. The van der Waals surface area contributed by atoms with E-state index in [2.05, 4.69) is 15.6 Å². The second kappa shape index (κ2) is 9.32. The van der Waals surface area contributed by atoms with Crippen LogP contribution in [-0.2, 0) is 20.9 Å². The van der Waals surface area contributed by atoms with E-state index in [-0.39, 0.29) is 30.8 Å². The summed E-state index contributed by atoms with van der Waals surface area (Å²) < 4.78 is 11.0. The number of furan rings is 1. The molecule has 2 amide bonds. The molecule has 0 bridgehead atoms. The molecule has 0 unspecified atom stereocenters. The molecule has 4 N–H and O–H groups in total. The number of ether oxygens (including phenoxy) is 1. The van der Waals surface area contributed by atoms with E-state index in [1.54, 1.807) is 12.1 Å². The summed E-state index contributed by atoms with van der Waals surface area (Å²) in [6.45, 7) is 3.13. The predicted molar refractivity (Wildman–Crippen MR) is 105 cm³/mol. The summed E-state index contributed by atoms with van der Waals surface area (Å²) in [5.41, 5.74) is 5.90. The minimum Gasteiger partial charge on any atom is -0.458 e. The van der Waals surface area contributed by atoms with Crippen molar-refractivity contribution < 1.29 is 18.7 Å². The molecule has 8 nitrogen and oxygen atoms in total. The highest BCUT2D eigenvalue weighted by Gasteiger charge is 2.39. The molecule has 0 aromatic carbocycles. The first kappa shape index (κ1) is 21.4. The van der Waals surface area contributed by atoms with Gasteiger partial charge in [-0.3, -0.25) is 9.59 Å². The number of carbonyl (C=O) groups is 2. The Bertz CT molecular complexity index is 786. The highest BCUT2D eigenvalue weighted by atomic mass is 35.5. The molecular weight excluding hydrogens is 392 g/mol. The molecule has 148 valence electrons. The molecule has 3 rings (SSSR count). The van der Waals surface area contributed by atoms with Gasteiger partial charge < -0.3 is 25.5 Å². The smallest absolute Gasteiger partial charge is 0.233 e. The van der Waals surface area contributed by atoms with E-state index < -0.39 is 5.41 Å². The number of nitrogens with one attached hydrogen (secondary N) is 2. The van der Waals surface area contributed by atoms with Gasteiger partial charge in [-0.1, -0.05) is 0 Å². The van der Waals surface area contributed by atoms with Gasteiger partial charge in [0.2, 0.25) is 11.8 Å². The zero-order chi connectivity index (χ0) is 18.6. The number of rotatable bonds is 6. The van der Waals surface area contributed by atoms with Crippen molar-refractivity contribution in [3.05, 3.63) is 23.3 Å². The van der Waals surface area contributed by atoms with Crippen molar-refractivity contribution in [2.75, 3.05) is 25.1 Å². The van der Waals surface area contributed by atoms with Gasteiger partial charge in [-0.2, -0.15) is 0 Å². The van der Waals surface area contributed by atoms with Crippen LogP contribution >= 0.6 is 23.7 Å². The van der Waals surface area contributed by atoms with Crippen LogP contribution in [0.5, 0.6) is 0 Å². The molecule has 0 aliphatic carbocycles. The number of thiazole rings is 1. The number of anilines is 1. The lowest BCUT2D eigenvalue weighted by atomic mass is 9.79. The Morgan fingerprint density at radius 1 is 1.33 bits per heavy atom. The normalized spacial score (nSPS) is 15.6. The number of aromatic nitrogens is 1. The van der Waals surface area contributed by atoms with Crippen LogP contribution in [0.1, 0.15) is 25.5 Å². The summed E-state index contributed by atoms with van der Waals surface area (Å²) in [5.74, 6) is 0.985. The van der Waals surface area contributed by atoms with Gasteiger partial charge in [0.1, 0.15) is 11.5 Å². The molecule has 2 aromatic rings. The quantitative estimate of drug-likeness (QED) is 0.666. The first-order chi connectivity index (χ1) is 12.5. The van der Waals surface area contributed by atoms with Gasteiger partial charge in [0.25, 0.3) is 0 Å². The predicted octanol–water partition coefficient (Wildman–Crippen LogP) is 2.16. The first-order valence-corrected chi connectivity index (χ1v) is 9.29. The summed E-state index contributed by atoms with van der Waals surface area (Å²) in [5, 5.41) is 7.87. The fraction of sp³-hybridized carbons (Fsp3) is 0.471. The maximum atomic E-state index is 12.7. The van der Waals surface area contributed by atoms with Gasteiger partial charge in [0, 0.05) is 32.1 Å². The molecule has 2 aromatic heterocycles. The lowest BCUT2D eigenvalue weighted by Crippen LogP contribution is -2.46. The van der Waals surface area contributed by atoms with E-state index in [0.29, 0.717) is 54.9 Å². The Morgan fingerprint density at radius 3 is 2.74 bits per heavy atom. The van der Waals surface area contributed by atoms with E-state index in [9.17, 15) is 9.59 Å². The maximum absolute atomic E-state index is 12.7. The molecule has 0 saturated carbocycles. The molecule has 1 saturated heterocycles. The van der Waals surface area contributed by atoms with Crippen molar-refractivity contribution in [1.29, 1.82) is 0 Å². The van der Waals surface area contributed by atoms with Crippen molar-refractivity contribution in [3.63, 3.8) is 0 Å². The SMILES string of the molecule is CC(=O)NCc1ccc(-c2csc(NC(=O)C3(CN)CCOCC3)n2)o1.Cl. The summed E-state index contributed by atoms with van der Waals surface area (Å²) in [6, 6.07) is 3.58. The lowest BCUT2D eigenvalue weighted by Gasteiger charge is -2.34. The van der Waals surface area contributed by atoms with Crippen molar-refractivity contribution in [2.45, 2.75) is 26.3 Å². The minimum atomic E-state index is -0.597. The molecule has 27 heavy (non-hydrogen) atoms. The molecule has 10 heteroatoms. The van der Waals surface area contributed by atoms with Crippen LogP contribution < -0.4 is 16.4 Å². The summed E-state index contributed by atoms with van der Waals surface area (Å²) in [6.07, 6.45) is 1.22. The van der Waals surface area contributed by atoms with Crippen LogP contribution in [0.15, 0.2) is 21.9 Å². The Labute approximate surface area is 167 Å². The number of carbonyl (C=O) groups excluding carboxylic acids is 2. The number of amides is 2. The number of nitrogens with two attached hydrogens (primary N) is 1. The standard InChI is InChI=1S/C17H22N4O4S.ClH/c1-11(22)19-8-12-2-3-14(25-12)13-9-26-16(20-13)21-15(23)17(10-18)4-6-24-7-5-17;/h2-3,9H,4-8,10,18H2,1H3,(H,19,22)(H,20,21,23);1H. The average molecular weight is 415 g/mol. The van der Waals surface area contributed by atoms with E-state index in [4.69, 9.17) is 14.9 Å². The van der Waals surface area contributed by atoms with Gasteiger partial charge in [0.15, 0.2) is 10.9 Å². The summed E-state index contributed by atoms with van der Waals surface area (Å²) in [7, 11) is 0. The minimum absolute atomic E-state index is 0. The third-order valence-electron chi connectivity index (χ3n) is 4.47. The second-order valence-corrected chi connectivity index (χ2v) is 7.12. The highest BCUT2D eigenvalue weighted by Crippen LogP contribution is 2.32. The number of nitrogens with zero attached hydrogens (tertiary/aromatic N) is 1. The van der Waals surface area contributed by atoms with Crippen molar-refractivity contribution >= 4 is 40.7 Å². The maximum Gasteiger partial charge on any atom is 0.233 e. The third kappa shape index (κ3) is 5.07. The van der Waals surface area contributed by atoms with Crippen molar-refractivity contribution in [2.24, 2.45) is 11.1 Å². The van der Waals surface area contributed by atoms with Crippen molar-refractivity contribution in [1.82, 2.24) is 10.3 Å². The highest BCUT2D eigenvalue weighted by molar-refractivity contribution is 7.14.